The fourth-order valence-corrected chi connectivity index (χ4v) is 1.38. The van der Waals surface area contributed by atoms with Crippen LogP contribution < -0.4 is 17.2 Å². The van der Waals surface area contributed by atoms with Gasteiger partial charge in [0, 0.05) is 6.42 Å². The molecule has 0 aliphatic carbocycles. The van der Waals surface area contributed by atoms with E-state index in [0.717, 1.165) is 0 Å². The van der Waals surface area contributed by atoms with Crippen molar-refractivity contribution in [3.8, 4) is 0 Å². The number of nitrogens with zero attached hydrogens (tertiary/aromatic N) is 1. The second-order valence-electron chi connectivity index (χ2n) is 3.69. The molecular formula is C8H18N4O4. The summed E-state index contributed by atoms with van der Waals surface area (Å²) in [5, 5.41) is 27.2. The zero-order valence-electron chi connectivity index (χ0n) is 8.73. The maximum atomic E-state index is 9.42. The van der Waals surface area contributed by atoms with E-state index in [1.165, 1.54) is 0 Å². The lowest BCUT2D eigenvalue weighted by Crippen LogP contribution is -2.50. The van der Waals surface area contributed by atoms with Gasteiger partial charge in [-0.3, -0.25) is 0 Å². The van der Waals surface area contributed by atoms with Gasteiger partial charge in [0.2, 0.25) is 0 Å². The van der Waals surface area contributed by atoms with E-state index in [1.807, 2.05) is 0 Å². The number of aliphatic imine (C=N–C) groups is 1. The smallest absolute Gasteiger partial charge is 0.153 e. The van der Waals surface area contributed by atoms with Gasteiger partial charge in [0.1, 0.15) is 24.2 Å². The Hall–Kier alpha value is -0.770. The van der Waals surface area contributed by atoms with Crippen LogP contribution in [-0.4, -0.2) is 58.5 Å². The number of ether oxygens (including phenoxy) is 1. The summed E-state index contributed by atoms with van der Waals surface area (Å²) < 4.78 is 5.18. The first-order chi connectivity index (χ1) is 7.45. The summed E-state index contributed by atoms with van der Waals surface area (Å²) in [6.07, 6.45) is -3.20. The molecule has 94 valence electrons. The Labute approximate surface area is 92.7 Å². The summed E-state index contributed by atoms with van der Waals surface area (Å²) in [7, 11) is 0. The molecule has 16 heavy (non-hydrogen) atoms. The summed E-state index contributed by atoms with van der Waals surface area (Å²) in [4.78, 5) is 3.88. The minimum Gasteiger partial charge on any atom is -0.394 e. The van der Waals surface area contributed by atoms with Crippen molar-refractivity contribution in [1.82, 2.24) is 0 Å². The predicted octanol–water partition coefficient (Wildman–Crippen LogP) is -3.58. The summed E-state index contributed by atoms with van der Waals surface area (Å²) in [6.45, 7) is -0.293. The minimum atomic E-state index is -1.30. The van der Waals surface area contributed by atoms with Gasteiger partial charge in [-0.25, -0.2) is 4.99 Å². The van der Waals surface area contributed by atoms with Crippen molar-refractivity contribution >= 4 is 5.84 Å². The zero-order valence-corrected chi connectivity index (χ0v) is 8.73. The van der Waals surface area contributed by atoms with Crippen molar-refractivity contribution in [3.05, 3.63) is 0 Å². The van der Waals surface area contributed by atoms with E-state index in [2.05, 4.69) is 4.99 Å². The second-order valence-corrected chi connectivity index (χ2v) is 3.69. The maximum absolute atomic E-state index is 9.42. The largest absolute Gasteiger partial charge is 0.394 e. The molecule has 1 aliphatic heterocycles. The van der Waals surface area contributed by atoms with Crippen LogP contribution in [0.25, 0.3) is 0 Å². The van der Waals surface area contributed by atoms with Gasteiger partial charge in [0.15, 0.2) is 6.23 Å². The lowest BCUT2D eigenvalue weighted by Gasteiger charge is -2.15. The first kappa shape index (κ1) is 13.3. The van der Waals surface area contributed by atoms with Crippen LogP contribution in [-0.2, 0) is 4.74 Å². The van der Waals surface area contributed by atoms with Crippen LogP contribution in [0.1, 0.15) is 6.42 Å². The van der Waals surface area contributed by atoms with Gasteiger partial charge in [-0.1, -0.05) is 0 Å². The molecule has 0 radical (unpaired) electrons. The van der Waals surface area contributed by atoms with Crippen molar-refractivity contribution < 1.29 is 20.1 Å². The van der Waals surface area contributed by atoms with E-state index in [0.29, 0.717) is 0 Å². The van der Waals surface area contributed by atoms with Crippen LogP contribution in [0, 0.1) is 0 Å². The molecule has 0 amide bonds. The zero-order chi connectivity index (χ0) is 12.3. The molecule has 1 fully saturated rings. The third-order valence-corrected chi connectivity index (χ3v) is 2.39. The van der Waals surface area contributed by atoms with E-state index < -0.39 is 30.7 Å². The number of rotatable bonds is 4. The molecule has 8 nitrogen and oxygen atoms in total. The Kier molecular flexibility index (Phi) is 4.59. The lowest BCUT2D eigenvalue weighted by molar-refractivity contribution is -0.0195. The van der Waals surface area contributed by atoms with Crippen LogP contribution in [0.2, 0.25) is 0 Å². The molecule has 0 aromatic rings. The van der Waals surface area contributed by atoms with Gasteiger partial charge in [0.05, 0.1) is 12.7 Å². The van der Waals surface area contributed by atoms with E-state index in [9.17, 15) is 5.11 Å². The van der Waals surface area contributed by atoms with E-state index in [1.54, 1.807) is 0 Å². The summed E-state index contributed by atoms with van der Waals surface area (Å²) in [6, 6.07) is -0.978. The maximum Gasteiger partial charge on any atom is 0.153 e. The Balaban J connectivity index is 2.58. The molecule has 1 rings (SSSR count). The molecule has 5 atom stereocenters. The standard InChI is InChI=1S/C8H18N4O4/c9-6(8(11)15)7(10)12-5-1-3(14)4(2-13)16-5/h3-6,8,13-15H,1-2,9,11H2,(H2,10,12). The molecule has 0 aromatic heterocycles. The van der Waals surface area contributed by atoms with Crippen LogP contribution in [0.15, 0.2) is 4.99 Å². The van der Waals surface area contributed by atoms with Crippen LogP contribution in [0.5, 0.6) is 0 Å². The Morgan fingerprint density at radius 1 is 1.50 bits per heavy atom. The number of aliphatic hydroxyl groups is 3. The van der Waals surface area contributed by atoms with Crippen molar-refractivity contribution in [3.63, 3.8) is 0 Å². The fourth-order valence-electron chi connectivity index (χ4n) is 1.38. The lowest BCUT2D eigenvalue weighted by atomic mass is 10.2. The number of hydrogen-bond donors (Lipinski definition) is 6. The van der Waals surface area contributed by atoms with Crippen molar-refractivity contribution in [2.45, 2.75) is 37.1 Å². The molecule has 1 aliphatic rings. The molecule has 0 spiro atoms. The van der Waals surface area contributed by atoms with E-state index in [4.69, 9.17) is 32.2 Å². The van der Waals surface area contributed by atoms with E-state index >= 15 is 0 Å². The fraction of sp³-hybridized carbons (Fsp3) is 0.875. The third-order valence-electron chi connectivity index (χ3n) is 2.39. The highest BCUT2D eigenvalue weighted by Crippen LogP contribution is 2.20. The summed E-state index contributed by atoms with van der Waals surface area (Å²) in [5.74, 6) is -0.0502. The van der Waals surface area contributed by atoms with Gasteiger partial charge in [-0.05, 0) is 0 Å². The highest BCUT2D eigenvalue weighted by Gasteiger charge is 2.33. The Morgan fingerprint density at radius 3 is 2.56 bits per heavy atom. The first-order valence-corrected chi connectivity index (χ1v) is 4.92. The van der Waals surface area contributed by atoms with Crippen LogP contribution in [0.4, 0.5) is 0 Å². The minimum absolute atomic E-state index is 0.0502. The molecule has 5 unspecified atom stereocenters. The van der Waals surface area contributed by atoms with Crippen LogP contribution in [0.3, 0.4) is 0 Å². The predicted molar refractivity (Wildman–Crippen MR) is 56.2 cm³/mol. The summed E-state index contributed by atoms with van der Waals surface area (Å²) in [5.41, 5.74) is 16.1. The van der Waals surface area contributed by atoms with Gasteiger partial charge in [-0.2, -0.15) is 0 Å². The highest BCUT2D eigenvalue weighted by atomic mass is 16.5. The molecule has 9 N–H and O–H groups in total. The van der Waals surface area contributed by atoms with Gasteiger partial charge in [-0.15, -0.1) is 0 Å². The SMILES string of the molecule is NC(=NC1CC(O)C(CO)O1)C(N)C(N)O. The molecule has 0 bridgehead atoms. The molecule has 0 saturated carbocycles. The average molecular weight is 234 g/mol. The third kappa shape index (κ3) is 3.11. The Bertz CT molecular complexity index is 260. The second kappa shape index (κ2) is 5.53. The molecule has 1 heterocycles. The molecule has 0 aromatic carbocycles. The van der Waals surface area contributed by atoms with Crippen molar-refractivity contribution in [2.24, 2.45) is 22.2 Å². The number of aliphatic hydroxyl groups excluding tert-OH is 3. The molecular weight excluding hydrogens is 216 g/mol. The van der Waals surface area contributed by atoms with Crippen molar-refractivity contribution in [1.29, 1.82) is 0 Å². The normalized spacial score (nSPS) is 35.1. The van der Waals surface area contributed by atoms with E-state index in [-0.39, 0.29) is 18.9 Å². The van der Waals surface area contributed by atoms with Crippen LogP contribution >= 0.6 is 0 Å². The van der Waals surface area contributed by atoms with Gasteiger partial charge in [0.25, 0.3) is 0 Å². The molecule has 1 saturated heterocycles. The molecule has 8 heteroatoms. The van der Waals surface area contributed by atoms with Gasteiger partial charge < -0.3 is 37.3 Å². The number of amidine groups is 1. The average Bonchev–Trinajstić information content (AvgIpc) is 2.57. The Morgan fingerprint density at radius 2 is 2.12 bits per heavy atom. The first-order valence-electron chi connectivity index (χ1n) is 4.92. The van der Waals surface area contributed by atoms with Crippen molar-refractivity contribution in [2.75, 3.05) is 6.61 Å². The number of hydrogen-bond acceptors (Lipinski definition) is 7. The highest BCUT2D eigenvalue weighted by molar-refractivity contribution is 5.86. The quantitative estimate of drug-likeness (QED) is 0.166. The summed E-state index contributed by atoms with van der Waals surface area (Å²) >= 11 is 0. The monoisotopic (exact) mass is 234 g/mol. The topological polar surface area (TPSA) is 160 Å². The van der Waals surface area contributed by atoms with Gasteiger partial charge >= 0.3 is 0 Å². The number of nitrogens with two attached hydrogens (primary N) is 3.